The molecule has 0 saturated carbocycles. The summed E-state index contributed by atoms with van der Waals surface area (Å²) in [6.07, 6.45) is 12.0. The van der Waals surface area contributed by atoms with Crippen LogP contribution in [-0.2, 0) is 12.8 Å². The van der Waals surface area contributed by atoms with E-state index in [1.54, 1.807) is 0 Å². The van der Waals surface area contributed by atoms with Crippen LogP contribution >= 0.6 is 35.3 Å². The standard InChI is InChI=1S/C43H38S3/c1-28-19-23-32(24-20-28)44-38-17-7-3-11-30-27-31-12-4-8-18-39(45-33-25-21-29(2)22-26-33)41(31)43(40(30)38)42-34-13-5-9-15-36(34)46-37-16-10-6-14-35(37)42/h5-6,9-10,13-27,42H,3-4,7-8,11-12H2,1-2H3. The monoisotopic (exact) mass is 650 g/mol. The third kappa shape index (κ3) is 5.83. The number of rotatable bonds is 5. The number of thioether (sulfide) groups is 2. The Labute approximate surface area is 286 Å². The normalized spacial score (nSPS) is 15.8. The van der Waals surface area contributed by atoms with Crippen molar-refractivity contribution in [2.24, 2.45) is 0 Å². The fourth-order valence-corrected chi connectivity index (χ4v) is 10.5. The number of fused-ring (bicyclic) bond motifs is 4. The van der Waals surface area contributed by atoms with Crippen LogP contribution in [0.4, 0.5) is 0 Å². The van der Waals surface area contributed by atoms with E-state index < -0.39 is 0 Å². The van der Waals surface area contributed by atoms with Crippen molar-refractivity contribution in [1.29, 1.82) is 0 Å². The highest BCUT2D eigenvalue weighted by atomic mass is 32.2. The van der Waals surface area contributed by atoms with Gasteiger partial charge in [-0.1, -0.05) is 125 Å². The SMILES string of the molecule is Cc1ccc(SC2=CCCCc3cc4c(c(C5c6ccccc6Sc6ccccc65)c32)C(Sc2ccc(C)cc2)=CCCC4)cc1. The number of hydrogen-bond acceptors (Lipinski definition) is 3. The highest BCUT2D eigenvalue weighted by Crippen LogP contribution is 2.55. The van der Waals surface area contributed by atoms with Crippen molar-refractivity contribution >= 4 is 45.1 Å². The molecule has 0 saturated heterocycles. The van der Waals surface area contributed by atoms with Crippen molar-refractivity contribution < 1.29 is 0 Å². The van der Waals surface area contributed by atoms with Crippen molar-refractivity contribution in [1.82, 2.24) is 0 Å². The van der Waals surface area contributed by atoms with E-state index in [0.717, 1.165) is 25.7 Å². The number of hydrogen-bond donors (Lipinski definition) is 0. The molecule has 46 heavy (non-hydrogen) atoms. The van der Waals surface area contributed by atoms with Gasteiger partial charge in [-0.15, -0.1) is 0 Å². The molecule has 3 heteroatoms. The quantitative estimate of drug-likeness (QED) is 0.182. The average Bonchev–Trinajstić information content (AvgIpc) is 3.41. The van der Waals surface area contributed by atoms with Crippen LogP contribution in [0.3, 0.4) is 0 Å². The summed E-state index contributed by atoms with van der Waals surface area (Å²) in [6.45, 7) is 4.36. The maximum Gasteiger partial charge on any atom is 0.0375 e. The molecule has 1 aliphatic heterocycles. The topological polar surface area (TPSA) is 0 Å². The summed E-state index contributed by atoms with van der Waals surface area (Å²) < 4.78 is 0. The van der Waals surface area contributed by atoms with Gasteiger partial charge >= 0.3 is 0 Å². The van der Waals surface area contributed by atoms with E-state index >= 15 is 0 Å². The van der Waals surface area contributed by atoms with Crippen LogP contribution in [0.25, 0.3) is 9.81 Å². The summed E-state index contributed by atoms with van der Waals surface area (Å²) >= 11 is 5.86. The van der Waals surface area contributed by atoms with Crippen LogP contribution in [0.15, 0.2) is 135 Å². The Hall–Kier alpha value is -3.37. The maximum atomic E-state index is 2.62. The van der Waals surface area contributed by atoms with Crippen LogP contribution in [0.5, 0.6) is 0 Å². The molecule has 0 unspecified atom stereocenters. The third-order valence-electron chi connectivity index (χ3n) is 9.45. The Bertz CT molecular complexity index is 1840. The fraction of sp³-hybridized carbons (Fsp3) is 0.209. The number of aryl methyl sites for hydroxylation is 4. The van der Waals surface area contributed by atoms with Crippen molar-refractivity contribution in [3.8, 4) is 0 Å². The van der Waals surface area contributed by atoms with Crippen molar-refractivity contribution in [3.63, 3.8) is 0 Å². The first-order valence-electron chi connectivity index (χ1n) is 16.6. The minimum Gasteiger partial charge on any atom is -0.0898 e. The van der Waals surface area contributed by atoms with Gasteiger partial charge in [0.25, 0.3) is 0 Å². The summed E-state index contributed by atoms with van der Waals surface area (Å²) in [4.78, 5) is 8.24. The van der Waals surface area contributed by atoms with E-state index in [4.69, 9.17) is 0 Å². The zero-order valence-corrected chi connectivity index (χ0v) is 29.0. The van der Waals surface area contributed by atoms with Crippen molar-refractivity contribution in [3.05, 3.63) is 165 Å². The van der Waals surface area contributed by atoms with Crippen molar-refractivity contribution in [2.45, 2.75) is 77.9 Å². The molecule has 8 rings (SSSR count). The van der Waals surface area contributed by atoms with E-state index in [9.17, 15) is 0 Å². The molecule has 5 aromatic carbocycles. The first-order valence-corrected chi connectivity index (χ1v) is 19.0. The molecule has 0 amide bonds. The molecule has 0 fully saturated rings. The third-order valence-corrected chi connectivity index (χ3v) is 12.8. The highest BCUT2D eigenvalue weighted by molar-refractivity contribution is 8.08. The lowest BCUT2D eigenvalue weighted by Crippen LogP contribution is -2.16. The molecule has 0 spiro atoms. The Morgan fingerprint density at radius 1 is 0.565 bits per heavy atom. The lowest BCUT2D eigenvalue weighted by molar-refractivity contribution is 0.822. The fourth-order valence-electron chi connectivity index (χ4n) is 7.22. The van der Waals surface area contributed by atoms with Crippen LogP contribution in [0.1, 0.15) is 81.7 Å². The lowest BCUT2D eigenvalue weighted by Gasteiger charge is -2.34. The number of allylic oxidation sites excluding steroid dienone is 2. The smallest absolute Gasteiger partial charge is 0.0375 e. The average molecular weight is 651 g/mol. The number of benzene rings is 5. The summed E-state index contributed by atoms with van der Waals surface area (Å²) in [6, 6.07) is 39.2. The van der Waals surface area contributed by atoms with Gasteiger partial charge in [-0.3, -0.25) is 0 Å². The maximum absolute atomic E-state index is 2.62. The van der Waals surface area contributed by atoms with Crippen LogP contribution in [0.2, 0.25) is 0 Å². The van der Waals surface area contributed by atoms with Crippen LogP contribution < -0.4 is 0 Å². The molecule has 1 heterocycles. The van der Waals surface area contributed by atoms with Gasteiger partial charge in [0.05, 0.1) is 0 Å². The van der Waals surface area contributed by atoms with Gasteiger partial charge < -0.3 is 0 Å². The Morgan fingerprint density at radius 3 is 1.50 bits per heavy atom. The van der Waals surface area contributed by atoms with Gasteiger partial charge in [-0.25, -0.2) is 0 Å². The second-order valence-corrected chi connectivity index (χ2v) is 16.0. The summed E-state index contributed by atoms with van der Waals surface area (Å²) in [5.41, 5.74) is 13.1. The van der Waals surface area contributed by atoms with E-state index in [1.807, 2.05) is 35.3 Å². The van der Waals surface area contributed by atoms with Crippen LogP contribution in [0, 0.1) is 13.8 Å². The molecule has 0 atom stereocenters. The first kappa shape index (κ1) is 30.0. The van der Waals surface area contributed by atoms with Gasteiger partial charge in [0.15, 0.2) is 0 Å². The summed E-state index contributed by atoms with van der Waals surface area (Å²) in [7, 11) is 0. The highest BCUT2D eigenvalue weighted by Gasteiger charge is 2.35. The molecule has 228 valence electrons. The second kappa shape index (κ2) is 13.0. The largest absolute Gasteiger partial charge is 0.0898 e. The van der Waals surface area contributed by atoms with Gasteiger partial charge in [0.1, 0.15) is 0 Å². The zero-order chi connectivity index (χ0) is 31.0. The van der Waals surface area contributed by atoms with Gasteiger partial charge in [-0.2, -0.15) is 0 Å². The molecule has 3 aliphatic rings. The molecule has 0 aromatic heterocycles. The molecule has 0 radical (unpaired) electrons. The molecule has 0 N–H and O–H groups in total. The Morgan fingerprint density at radius 2 is 1.02 bits per heavy atom. The first-order chi connectivity index (χ1) is 22.6. The van der Waals surface area contributed by atoms with Crippen molar-refractivity contribution in [2.75, 3.05) is 0 Å². The molecular formula is C43H38S3. The van der Waals surface area contributed by atoms with Gasteiger partial charge in [0, 0.05) is 35.3 Å². The van der Waals surface area contributed by atoms with Gasteiger partial charge in [-0.05, 0) is 128 Å². The minimum atomic E-state index is 0.164. The molecule has 2 aliphatic carbocycles. The molecule has 0 nitrogen and oxygen atoms in total. The lowest BCUT2D eigenvalue weighted by atomic mass is 9.76. The van der Waals surface area contributed by atoms with E-state index in [1.165, 1.54) is 92.3 Å². The van der Waals surface area contributed by atoms with Crippen LogP contribution in [-0.4, -0.2) is 0 Å². The van der Waals surface area contributed by atoms with Gasteiger partial charge in [0.2, 0.25) is 0 Å². The molecular weight excluding hydrogens is 613 g/mol. The Balaban J connectivity index is 1.42. The van der Waals surface area contributed by atoms with E-state index in [-0.39, 0.29) is 5.92 Å². The minimum absolute atomic E-state index is 0.164. The summed E-state index contributed by atoms with van der Waals surface area (Å²) in [5.74, 6) is 0.164. The second-order valence-electron chi connectivity index (χ2n) is 12.7. The van der Waals surface area contributed by atoms with E-state index in [0.29, 0.717) is 0 Å². The zero-order valence-electron chi connectivity index (χ0n) is 26.5. The predicted molar refractivity (Wildman–Crippen MR) is 200 cm³/mol. The Kier molecular flexibility index (Phi) is 8.49. The predicted octanol–water partition coefficient (Wildman–Crippen LogP) is 12.9. The molecule has 0 bridgehead atoms. The molecule has 5 aromatic rings. The van der Waals surface area contributed by atoms with E-state index in [2.05, 4.69) is 129 Å². The summed E-state index contributed by atoms with van der Waals surface area (Å²) in [5, 5.41) is 0.